The predicted molar refractivity (Wildman–Crippen MR) is 48.9 cm³/mol. The highest BCUT2D eigenvalue weighted by atomic mass is 35.5. The summed E-state index contributed by atoms with van der Waals surface area (Å²) in [4.78, 5) is 14.6. The molecule has 0 aromatic carbocycles. The van der Waals surface area contributed by atoms with E-state index in [0.29, 0.717) is 11.3 Å². The fraction of sp³-hybridized carbons (Fsp3) is 0.333. The van der Waals surface area contributed by atoms with E-state index >= 15 is 0 Å². The SMILES string of the molecule is Cc1ncc(C(=O)Cl)c(C(F)F)c1C. The Morgan fingerprint density at radius 3 is 2.50 bits per heavy atom. The van der Waals surface area contributed by atoms with Crippen molar-refractivity contribution in [1.29, 1.82) is 0 Å². The molecular weight excluding hydrogens is 212 g/mol. The Morgan fingerprint density at radius 2 is 2.07 bits per heavy atom. The number of carbonyl (C=O) groups is 1. The molecule has 0 aliphatic rings. The smallest absolute Gasteiger partial charge is 0.264 e. The number of aryl methyl sites for hydroxylation is 1. The molecule has 1 aromatic heterocycles. The van der Waals surface area contributed by atoms with Gasteiger partial charge in [0.25, 0.3) is 11.7 Å². The maximum Gasteiger partial charge on any atom is 0.264 e. The number of carbonyl (C=O) groups excluding carboxylic acids is 1. The van der Waals surface area contributed by atoms with E-state index < -0.39 is 11.7 Å². The van der Waals surface area contributed by atoms with Crippen LogP contribution in [0.3, 0.4) is 0 Å². The van der Waals surface area contributed by atoms with Gasteiger partial charge in [-0.3, -0.25) is 9.78 Å². The Kier molecular flexibility index (Phi) is 3.16. The quantitative estimate of drug-likeness (QED) is 0.716. The number of alkyl halides is 2. The van der Waals surface area contributed by atoms with Gasteiger partial charge < -0.3 is 0 Å². The van der Waals surface area contributed by atoms with Gasteiger partial charge in [-0.25, -0.2) is 8.78 Å². The van der Waals surface area contributed by atoms with Gasteiger partial charge in [0, 0.05) is 17.5 Å². The van der Waals surface area contributed by atoms with Crippen LogP contribution in [-0.2, 0) is 0 Å². The van der Waals surface area contributed by atoms with Crippen LogP contribution in [0.25, 0.3) is 0 Å². The summed E-state index contributed by atoms with van der Waals surface area (Å²) in [7, 11) is 0. The second kappa shape index (κ2) is 4.00. The Balaban J connectivity index is 3.45. The Bertz CT molecular complexity index is 379. The molecule has 0 saturated carbocycles. The third kappa shape index (κ3) is 1.90. The van der Waals surface area contributed by atoms with Crippen molar-refractivity contribution in [1.82, 2.24) is 4.98 Å². The molecule has 14 heavy (non-hydrogen) atoms. The highest BCUT2D eigenvalue weighted by Gasteiger charge is 2.21. The molecule has 2 nitrogen and oxygen atoms in total. The van der Waals surface area contributed by atoms with E-state index in [1.54, 1.807) is 6.92 Å². The predicted octanol–water partition coefficient (Wildman–Crippen LogP) is 3.02. The first-order valence-corrected chi connectivity index (χ1v) is 4.27. The van der Waals surface area contributed by atoms with Crippen molar-refractivity contribution < 1.29 is 13.6 Å². The number of aromatic nitrogens is 1. The topological polar surface area (TPSA) is 30.0 Å². The number of hydrogen-bond donors (Lipinski definition) is 0. The minimum atomic E-state index is -2.71. The first-order valence-electron chi connectivity index (χ1n) is 3.89. The molecule has 0 atom stereocenters. The van der Waals surface area contributed by atoms with E-state index in [4.69, 9.17) is 11.6 Å². The summed E-state index contributed by atoms with van der Waals surface area (Å²) in [5, 5.41) is -0.907. The molecule has 0 radical (unpaired) electrons. The van der Waals surface area contributed by atoms with Gasteiger partial charge >= 0.3 is 0 Å². The van der Waals surface area contributed by atoms with Crippen LogP contribution in [-0.4, -0.2) is 10.2 Å². The van der Waals surface area contributed by atoms with Crippen LogP contribution in [0, 0.1) is 13.8 Å². The maximum absolute atomic E-state index is 12.6. The fourth-order valence-electron chi connectivity index (χ4n) is 1.16. The van der Waals surface area contributed by atoms with Gasteiger partial charge in [-0.1, -0.05) is 0 Å². The number of rotatable bonds is 2. The van der Waals surface area contributed by atoms with Crippen molar-refractivity contribution in [2.45, 2.75) is 20.3 Å². The van der Waals surface area contributed by atoms with Crippen LogP contribution >= 0.6 is 11.6 Å². The Morgan fingerprint density at radius 1 is 1.50 bits per heavy atom. The lowest BCUT2D eigenvalue weighted by Gasteiger charge is -2.10. The number of nitrogens with zero attached hydrogens (tertiary/aromatic N) is 1. The molecule has 0 unspecified atom stereocenters. The molecule has 5 heteroatoms. The molecule has 1 heterocycles. The van der Waals surface area contributed by atoms with Crippen molar-refractivity contribution in [2.75, 3.05) is 0 Å². The molecule has 0 spiro atoms. The Labute approximate surface area is 84.9 Å². The summed E-state index contributed by atoms with van der Waals surface area (Å²) >= 11 is 5.16. The minimum Gasteiger partial charge on any atom is -0.276 e. The van der Waals surface area contributed by atoms with E-state index in [2.05, 4.69) is 4.98 Å². The largest absolute Gasteiger partial charge is 0.276 e. The van der Waals surface area contributed by atoms with Gasteiger partial charge in [0.05, 0.1) is 5.56 Å². The molecule has 1 aromatic rings. The number of hydrogen-bond acceptors (Lipinski definition) is 2. The third-order valence-electron chi connectivity index (χ3n) is 2.05. The fourth-order valence-corrected chi connectivity index (χ4v) is 1.31. The molecule has 1 rings (SSSR count). The summed E-state index contributed by atoms with van der Waals surface area (Å²) < 4.78 is 25.2. The van der Waals surface area contributed by atoms with Gasteiger partial charge in [0.15, 0.2) is 0 Å². The first kappa shape index (κ1) is 11.0. The highest BCUT2D eigenvalue weighted by Crippen LogP contribution is 2.28. The van der Waals surface area contributed by atoms with Crippen LogP contribution < -0.4 is 0 Å². The van der Waals surface area contributed by atoms with E-state index in [9.17, 15) is 13.6 Å². The molecule has 0 amide bonds. The van der Waals surface area contributed by atoms with Crippen molar-refractivity contribution in [3.63, 3.8) is 0 Å². The summed E-state index contributed by atoms with van der Waals surface area (Å²) in [5.74, 6) is 0. The lowest BCUT2D eigenvalue weighted by Crippen LogP contribution is -2.04. The van der Waals surface area contributed by atoms with Crippen LogP contribution in [0.2, 0.25) is 0 Å². The van der Waals surface area contributed by atoms with E-state index in [1.165, 1.54) is 6.92 Å². The third-order valence-corrected chi connectivity index (χ3v) is 2.26. The lowest BCUT2D eigenvalue weighted by molar-refractivity contribution is 0.106. The zero-order valence-electron chi connectivity index (χ0n) is 7.64. The number of halogens is 3. The molecular formula is C9H8ClF2NO. The van der Waals surface area contributed by atoms with Crippen molar-refractivity contribution in [3.8, 4) is 0 Å². The zero-order chi connectivity index (χ0) is 10.9. The maximum atomic E-state index is 12.6. The molecule has 0 N–H and O–H groups in total. The average molecular weight is 220 g/mol. The Hall–Kier alpha value is -1.03. The zero-order valence-corrected chi connectivity index (χ0v) is 8.40. The molecule has 76 valence electrons. The van der Waals surface area contributed by atoms with Gasteiger partial charge in [-0.05, 0) is 31.0 Å². The standard InChI is InChI=1S/C9H8ClF2NO/c1-4-5(2)13-3-6(8(10)14)7(4)9(11)12/h3,9H,1-2H3. The summed E-state index contributed by atoms with van der Waals surface area (Å²) in [6, 6.07) is 0. The summed E-state index contributed by atoms with van der Waals surface area (Å²) in [5.41, 5.74) is 0.246. The molecule has 0 aliphatic carbocycles. The van der Waals surface area contributed by atoms with Gasteiger partial charge in [-0.2, -0.15) is 0 Å². The van der Waals surface area contributed by atoms with E-state index in [0.717, 1.165) is 6.20 Å². The van der Waals surface area contributed by atoms with Crippen molar-refractivity contribution >= 4 is 16.8 Å². The van der Waals surface area contributed by atoms with Crippen LogP contribution in [0.5, 0.6) is 0 Å². The molecule has 0 saturated heterocycles. The second-order valence-corrected chi connectivity index (χ2v) is 3.21. The lowest BCUT2D eigenvalue weighted by atomic mass is 10.0. The molecule has 0 fully saturated rings. The van der Waals surface area contributed by atoms with E-state index in [1.807, 2.05) is 0 Å². The van der Waals surface area contributed by atoms with Crippen LogP contribution in [0.15, 0.2) is 6.20 Å². The molecule has 0 aliphatic heterocycles. The van der Waals surface area contributed by atoms with Gasteiger partial charge in [0.2, 0.25) is 0 Å². The summed E-state index contributed by atoms with van der Waals surface area (Å²) in [6.07, 6.45) is -1.63. The molecule has 0 bridgehead atoms. The normalized spacial score (nSPS) is 10.7. The van der Waals surface area contributed by atoms with Gasteiger partial charge in [0.1, 0.15) is 0 Å². The van der Waals surface area contributed by atoms with Crippen LogP contribution in [0.1, 0.15) is 33.6 Å². The monoisotopic (exact) mass is 219 g/mol. The highest BCUT2D eigenvalue weighted by molar-refractivity contribution is 6.67. The van der Waals surface area contributed by atoms with Crippen LogP contribution in [0.4, 0.5) is 8.78 Å². The van der Waals surface area contributed by atoms with E-state index in [-0.39, 0.29) is 11.1 Å². The second-order valence-electron chi connectivity index (χ2n) is 2.87. The van der Waals surface area contributed by atoms with Gasteiger partial charge in [-0.15, -0.1) is 0 Å². The van der Waals surface area contributed by atoms with Crippen molar-refractivity contribution in [2.24, 2.45) is 0 Å². The average Bonchev–Trinajstić information content (AvgIpc) is 2.08. The first-order chi connectivity index (χ1) is 6.45. The minimum absolute atomic E-state index is 0.218. The summed E-state index contributed by atoms with van der Waals surface area (Å²) in [6.45, 7) is 3.09. The number of pyridine rings is 1. The van der Waals surface area contributed by atoms with Crippen molar-refractivity contribution in [3.05, 3.63) is 28.6 Å².